The normalized spacial score (nSPS) is 10.8. The van der Waals surface area contributed by atoms with Crippen LogP contribution in [0.3, 0.4) is 0 Å². The number of aromatic nitrogens is 2. The van der Waals surface area contributed by atoms with Gasteiger partial charge in [-0.3, -0.25) is 4.40 Å². The molecule has 16 heavy (non-hydrogen) atoms. The lowest BCUT2D eigenvalue weighted by atomic mass is 10.1. The Morgan fingerprint density at radius 3 is 2.50 bits per heavy atom. The van der Waals surface area contributed by atoms with Crippen molar-refractivity contribution in [3.05, 3.63) is 60.0 Å². The van der Waals surface area contributed by atoms with Crippen LogP contribution in [0.4, 0.5) is 0 Å². The van der Waals surface area contributed by atoms with E-state index in [0.29, 0.717) is 5.28 Å². The van der Waals surface area contributed by atoms with Crippen LogP contribution in [-0.2, 0) is 0 Å². The van der Waals surface area contributed by atoms with Crippen molar-refractivity contribution in [2.45, 2.75) is 0 Å². The van der Waals surface area contributed by atoms with E-state index in [9.17, 15) is 0 Å². The smallest absolute Gasteiger partial charge is 0.207 e. The molecule has 0 aliphatic carbocycles. The monoisotopic (exact) mass is 228 g/mol. The third kappa shape index (κ3) is 1.39. The van der Waals surface area contributed by atoms with Crippen molar-refractivity contribution in [1.29, 1.82) is 0 Å². The van der Waals surface area contributed by atoms with Crippen molar-refractivity contribution in [3.8, 4) is 11.3 Å². The minimum atomic E-state index is 0.495. The van der Waals surface area contributed by atoms with E-state index in [4.69, 9.17) is 11.6 Å². The van der Waals surface area contributed by atoms with Gasteiger partial charge in [0, 0.05) is 11.8 Å². The van der Waals surface area contributed by atoms with E-state index in [1.165, 1.54) is 0 Å². The fourth-order valence-electron chi connectivity index (χ4n) is 1.81. The van der Waals surface area contributed by atoms with Crippen LogP contribution < -0.4 is 0 Å². The Kier molecular flexibility index (Phi) is 2.15. The average molecular weight is 229 g/mol. The third-order valence-corrected chi connectivity index (χ3v) is 2.82. The fraction of sp³-hybridized carbons (Fsp3) is 0. The minimum absolute atomic E-state index is 0.495. The molecule has 3 aromatic rings. The second-order valence-electron chi connectivity index (χ2n) is 3.55. The molecule has 0 amide bonds. The van der Waals surface area contributed by atoms with Crippen molar-refractivity contribution in [2.75, 3.05) is 0 Å². The minimum Gasteiger partial charge on any atom is -0.290 e. The Balaban J connectivity index is 2.33. The zero-order chi connectivity index (χ0) is 11.0. The number of nitrogens with zero attached hydrogens (tertiary/aromatic N) is 2. The number of hydrogen-bond acceptors (Lipinski definition) is 1. The van der Waals surface area contributed by atoms with Gasteiger partial charge in [-0.15, -0.1) is 0 Å². The average Bonchev–Trinajstić information content (AvgIpc) is 2.69. The van der Waals surface area contributed by atoms with Crippen molar-refractivity contribution in [1.82, 2.24) is 9.38 Å². The van der Waals surface area contributed by atoms with E-state index < -0.39 is 0 Å². The molecule has 0 saturated heterocycles. The van der Waals surface area contributed by atoms with Gasteiger partial charge in [-0.25, -0.2) is 4.98 Å². The number of fused-ring (bicyclic) bond motifs is 1. The van der Waals surface area contributed by atoms with E-state index in [0.717, 1.165) is 16.8 Å². The largest absolute Gasteiger partial charge is 0.290 e. The molecule has 0 N–H and O–H groups in total. The molecule has 0 atom stereocenters. The summed E-state index contributed by atoms with van der Waals surface area (Å²) in [6.45, 7) is 0. The molecule has 0 unspecified atom stereocenters. The van der Waals surface area contributed by atoms with E-state index in [1.54, 1.807) is 0 Å². The molecule has 0 fully saturated rings. The number of halogens is 1. The molecule has 3 rings (SSSR count). The SMILES string of the molecule is Clc1nc(-c2ccccc2)c2ccccn12. The van der Waals surface area contributed by atoms with Crippen molar-refractivity contribution < 1.29 is 0 Å². The lowest BCUT2D eigenvalue weighted by Crippen LogP contribution is -1.81. The second kappa shape index (κ2) is 3.65. The number of imidazole rings is 1. The Morgan fingerprint density at radius 1 is 0.938 bits per heavy atom. The quantitative estimate of drug-likeness (QED) is 0.621. The highest BCUT2D eigenvalue weighted by molar-refractivity contribution is 6.29. The van der Waals surface area contributed by atoms with Gasteiger partial charge in [-0.1, -0.05) is 36.4 Å². The van der Waals surface area contributed by atoms with Crippen LogP contribution in [0, 0.1) is 0 Å². The lowest BCUT2D eigenvalue weighted by Gasteiger charge is -1.97. The van der Waals surface area contributed by atoms with Gasteiger partial charge < -0.3 is 0 Å². The molecule has 2 aromatic heterocycles. The van der Waals surface area contributed by atoms with Crippen LogP contribution in [0.5, 0.6) is 0 Å². The molecule has 2 heterocycles. The Labute approximate surface area is 98.1 Å². The highest BCUT2D eigenvalue weighted by atomic mass is 35.5. The first-order valence-electron chi connectivity index (χ1n) is 5.04. The Hall–Kier alpha value is -1.80. The van der Waals surface area contributed by atoms with Crippen LogP contribution in [0.25, 0.3) is 16.8 Å². The highest BCUT2D eigenvalue weighted by Gasteiger charge is 2.09. The molecule has 78 valence electrons. The highest BCUT2D eigenvalue weighted by Crippen LogP contribution is 2.26. The van der Waals surface area contributed by atoms with E-state index >= 15 is 0 Å². The predicted octanol–water partition coefficient (Wildman–Crippen LogP) is 3.65. The molecular formula is C13H9ClN2. The topological polar surface area (TPSA) is 17.3 Å². The van der Waals surface area contributed by atoms with Gasteiger partial charge in [0.05, 0.1) is 11.2 Å². The molecule has 0 spiro atoms. The van der Waals surface area contributed by atoms with Gasteiger partial charge in [-0.05, 0) is 23.7 Å². The summed E-state index contributed by atoms with van der Waals surface area (Å²) in [6, 6.07) is 16.0. The maximum atomic E-state index is 6.08. The molecule has 0 saturated carbocycles. The molecule has 0 aliphatic heterocycles. The first kappa shape index (κ1) is 9.43. The summed E-state index contributed by atoms with van der Waals surface area (Å²) in [6.07, 6.45) is 1.91. The first-order valence-corrected chi connectivity index (χ1v) is 5.42. The summed E-state index contributed by atoms with van der Waals surface area (Å²) in [5.74, 6) is 0. The summed E-state index contributed by atoms with van der Waals surface area (Å²) < 4.78 is 1.88. The molecular weight excluding hydrogens is 220 g/mol. The number of rotatable bonds is 1. The van der Waals surface area contributed by atoms with Gasteiger partial charge in [0.25, 0.3) is 0 Å². The van der Waals surface area contributed by atoms with Gasteiger partial charge in [0.1, 0.15) is 0 Å². The first-order chi connectivity index (χ1) is 7.86. The summed E-state index contributed by atoms with van der Waals surface area (Å²) in [7, 11) is 0. The summed E-state index contributed by atoms with van der Waals surface area (Å²) in [4.78, 5) is 4.39. The van der Waals surface area contributed by atoms with Gasteiger partial charge in [0.2, 0.25) is 5.28 Å². The second-order valence-corrected chi connectivity index (χ2v) is 3.89. The van der Waals surface area contributed by atoms with Crippen molar-refractivity contribution in [2.24, 2.45) is 0 Å². The summed E-state index contributed by atoms with van der Waals surface area (Å²) in [5, 5.41) is 0.495. The van der Waals surface area contributed by atoms with Crippen LogP contribution >= 0.6 is 11.6 Å². The molecule has 1 aromatic carbocycles. The zero-order valence-electron chi connectivity index (χ0n) is 8.47. The number of pyridine rings is 1. The van der Waals surface area contributed by atoms with Crippen molar-refractivity contribution >= 4 is 17.1 Å². The standard InChI is InChI=1S/C13H9ClN2/c14-13-15-12(10-6-2-1-3-7-10)11-8-4-5-9-16(11)13/h1-9H. The summed E-state index contributed by atoms with van der Waals surface area (Å²) >= 11 is 6.08. The Bertz CT molecular complexity index is 629. The van der Waals surface area contributed by atoms with Crippen LogP contribution in [0.2, 0.25) is 5.28 Å². The summed E-state index contributed by atoms with van der Waals surface area (Å²) in [5.41, 5.74) is 3.03. The van der Waals surface area contributed by atoms with E-state index in [-0.39, 0.29) is 0 Å². The van der Waals surface area contributed by atoms with Gasteiger partial charge in [0.15, 0.2) is 0 Å². The number of benzene rings is 1. The third-order valence-electron chi connectivity index (χ3n) is 2.55. The van der Waals surface area contributed by atoms with Gasteiger partial charge >= 0.3 is 0 Å². The predicted molar refractivity (Wildman–Crippen MR) is 65.6 cm³/mol. The molecule has 0 bridgehead atoms. The van der Waals surface area contributed by atoms with E-state index in [2.05, 4.69) is 4.98 Å². The maximum absolute atomic E-state index is 6.08. The van der Waals surface area contributed by atoms with Crippen LogP contribution in [-0.4, -0.2) is 9.38 Å². The number of hydrogen-bond donors (Lipinski definition) is 0. The Morgan fingerprint density at radius 2 is 1.69 bits per heavy atom. The molecule has 0 radical (unpaired) electrons. The van der Waals surface area contributed by atoms with Crippen molar-refractivity contribution in [3.63, 3.8) is 0 Å². The van der Waals surface area contributed by atoms with Crippen LogP contribution in [0.1, 0.15) is 0 Å². The van der Waals surface area contributed by atoms with Crippen LogP contribution in [0.15, 0.2) is 54.7 Å². The maximum Gasteiger partial charge on any atom is 0.207 e. The zero-order valence-corrected chi connectivity index (χ0v) is 9.22. The lowest BCUT2D eigenvalue weighted by molar-refractivity contribution is 1.15. The van der Waals surface area contributed by atoms with Gasteiger partial charge in [-0.2, -0.15) is 0 Å². The fourth-order valence-corrected chi connectivity index (χ4v) is 2.04. The molecule has 0 aliphatic rings. The molecule has 3 heteroatoms. The molecule has 2 nitrogen and oxygen atoms in total. The van der Waals surface area contributed by atoms with E-state index in [1.807, 2.05) is 59.1 Å².